The molecule has 0 bridgehead atoms. The molecule has 1 heterocycles. The van der Waals surface area contributed by atoms with E-state index in [1.807, 2.05) is 7.05 Å². The standard InChI is InChI=1S/C14H22BrN3/c1-12-11-18(10-9-17(12)8-7-16-2)14-6-4-3-5-13(14)15/h3-6,12,16H,7-11H2,1-2H3. The molecule has 0 radical (unpaired) electrons. The molecule has 1 saturated heterocycles. The van der Waals surface area contributed by atoms with Crippen LogP contribution in [0.4, 0.5) is 5.69 Å². The molecule has 1 aliphatic heterocycles. The van der Waals surface area contributed by atoms with Crippen LogP contribution in [0.3, 0.4) is 0 Å². The molecule has 0 aliphatic carbocycles. The Morgan fingerprint density at radius 2 is 2.11 bits per heavy atom. The van der Waals surface area contributed by atoms with Gasteiger partial charge in [0.15, 0.2) is 0 Å². The highest BCUT2D eigenvalue weighted by Crippen LogP contribution is 2.27. The fraction of sp³-hybridized carbons (Fsp3) is 0.571. The van der Waals surface area contributed by atoms with E-state index >= 15 is 0 Å². The van der Waals surface area contributed by atoms with Gasteiger partial charge in [-0.15, -0.1) is 0 Å². The van der Waals surface area contributed by atoms with Crippen molar-refractivity contribution in [3.05, 3.63) is 28.7 Å². The third-order valence-electron chi connectivity index (χ3n) is 3.61. The average molecular weight is 312 g/mol. The summed E-state index contributed by atoms with van der Waals surface area (Å²) >= 11 is 3.64. The smallest absolute Gasteiger partial charge is 0.0511 e. The lowest BCUT2D eigenvalue weighted by Gasteiger charge is -2.41. The molecule has 1 atom stereocenters. The van der Waals surface area contributed by atoms with Gasteiger partial charge in [0.1, 0.15) is 0 Å². The van der Waals surface area contributed by atoms with Crippen LogP contribution in [0, 0.1) is 0 Å². The molecule has 1 aromatic carbocycles. The minimum Gasteiger partial charge on any atom is -0.368 e. The summed E-state index contributed by atoms with van der Waals surface area (Å²) in [6.45, 7) is 7.88. The fourth-order valence-electron chi connectivity index (χ4n) is 2.51. The number of benzene rings is 1. The minimum atomic E-state index is 0.610. The summed E-state index contributed by atoms with van der Waals surface area (Å²) in [4.78, 5) is 5.04. The summed E-state index contributed by atoms with van der Waals surface area (Å²) in [6, 6.07) is 9.10. The van der Waals surface area contributed by atoms with Crippen LogP contribution in [0.5, 0.6) is 0 Å². The number of anilines is 1. The SMILES string of the molecule is CNCCN1CCN(c2ccccc2Br)CC1C. The van der Waals surface area contributed by atoms with Crippen LogP contribution in [0.2, 0.25) is 0 Å². The van der Waals surface area contributed by atoms with E-state index in [4.69, 9.17) is 0 Å². The highest BCUT2D eigenvalue weighted by Gasteiger charge is 2.23. The summed E-state index contributed by atoms with van der Waals surface area (Å²) in [6.07, 6.45) is 0. The van der Waals surface area contributed by atoms with Gasteiger partial charge in [-0.2, -0.15) is 0 Å². The molecule has 2 rings (SSSR count). The summed E-state index contributed by atoms with van der Waals surface area (Å²) < 4.78 is 1.20. The molecule has 100 valence electrons. The van der Waals surface area contributed by atoms with Gasteiger partial charge < -0.3 is 10.2 Å². The number of piperazine rings is 1. The van der Waals surface area contributed by atoms with E-state index in [1.54, 1.807) is 0 Å². The molecular formula is C14H22BrN3. The highest BCUT2D eigenvalue weighted by molar-refractivity contribution is 9.10. The third-order valence-corrected chi connectivity index (χ3v) is 4.28. The second-order valence-electron chi connectivity index (χ2n) is 4.89. The molecule has 1 aromatic rings. The summed E-state index contributed by atoms with van der Waals surface area (Å²) in [5, 5.41) is 3.22. The van der Waals surface area contributed by atoms with Crippen LogP contribution >= 0.6 is 15.9 Å². The van der Waals surface area contributed by atoms with Gasteiger partial charge >= 0.3 is 0 Å². The maximum atomic E-state index is 3.64. The van der Waals surface area contributed by atoms with E-state index in [1.165, 1.54) is 10.2 Å². The number of hydrogen-bond donors (Lipinski definition) is 1. The first-order valence-corrected chi connectivity index (χ1v) is 7.40. The zero-order valence-corrected chi connectivity index (χ0v) is 12.8. The summed E-state index contributed by atoms with van der Waals surface area (Å²) in [7, 11) is 2.02. The van der Waals surface area contributed by atoms with Gasteiger partial charge in [-0.25, -0.2) is 0 Å². The normalized spacial score (nSPS) is 21.3. The van der Waals surface area contributed by atoms with Gasteiger partial charge in [0.05, 0.1) is 5.69 Å². The summed E-state index contributed by atoms with van der Waals surface area (Å²) in [5.41, 5.74) is 1.32. The lowest BCUT2D eigenvalue weighted by atomic mass is 10.1. The van der Waals surface area contributed by atoms with Crippen molar-refractivity contribution < 1.29 is 0 Å². The molecular weight excluding hydrogens is 290 g/mol. The number of rotatable bonds is 4. The molecule has 1 N–H and O–H groups in total. The number of para-hydroxylation sites is 1. The number of nitrogens with one attached hydrogen (secondary N) is 1. The first-order chi connectivity index (χ1) is 8.72. The molecule has 1 fully saturated rings. The van der Waals surface area contributed by atoms with E-state index in [0.717, 1.165) is 32.7 Å². The minimum absolute atomic E-state index is 0.610. The van der Waals surface area contributed by atoms with Gasteiger partial charge in [-0.05, 0) is 42.0 Å². The van der Waals surface area contributed by atoms with Crippen molar-refractivity contribution in [2.24, 2.45) is 0 Å². The Labute approximate surface area is 118 Å². The van der Waals surface area contributed by atoms with Crippen molar-refractivity contribution in [1.82, 2.24) is 10.2 Å². The lowest BCUT2D eigenvalue weighted by molar-refractivity contribution is 0.191. The predicted octanol–water partition coefficient (Wildman–Crippen LogP) is 2.18. The molecule has 0 aromatic heterocycles. The van der Waals surface area contributed by atoms with Crippen molar-refractivity contribution in [3.8, 4) is 0 Å². The second-order valence-corrected chi connectivity index (χ2v) is 5.74. The van der Waals surface area contributed by atoms with Gasteiger partial charge in [-0.3, -0.25) is 4.90 Å². The van der Waals surface area contributed by atoms with Crippen molar-refractivity contribution >= 4 is 21.6 Å². The van der Waals surface area contributed by atoms with Crippen LogP contribution in [0.1, 0.15) is 6.92 Å². The maximum absolute atomic E-state index is 3.64. The molecule has 0 saturated carbocycles. The molecule has 18 heavy (non-hydrogen) atoms. The molecule has 0 spiro atoms. The molecule has 4 heteroatoms. The quantitative estimate of drug-likeness (QED) is 0.919. The summed E-state index contributed by atoms with van der Waals surface area (Å²) in [5.74, 6) is 0. The highest BCUT2D eigenvalue weighted by atomic mass is 79.9. The largest absolute Gasteiger partial charge is 0.368 e. The second kappa shape index (κ2) is 6.55. The van der Waals surface area contributed by atoms with Gasteiger partial charge in [0.25, 0.3) is 0 Å². The monoisotopic (exact) mass is 311 g/mol. The van der Waals surface area contributed by atoms with Gasteiger partial charge in [0.2, 0.25) is 0 Å². The van der Waals surface area contributed by atoms with E-state index in [2.05, 4.69) is 62.2 Å². The fourth-order valence-corrected chi connectivity index (χ4v) is 3.05. The Morgan fingerprint density at radius 1 is 1.33 bits per heavy atom. The first-order valence-electron chi connectivity index (χ1n) is 6.60. The van der Waals surface area contributed by atoms with E-state index < -0.39 is 0 Å². The number of nitrogens with zero attached hydrogens (tertiary/aromatic N) is 2. The Kier molecular flexibility index (Phi) is 5.03. The van der Waals surface area contributed by atoms with Crippen LogP contribution in [-0.4, -0.2) is 50.7 Å². The van der Waals surface area contributed by atoms with E-state index in [-0.39, 0.29) is 0 Å². The topological polar surface area (TPSA) is 18.5 Å². The van der Waals surface area contributed by atoms with Crippen molar-refractivity contribution in [2.45, 2.75) is 13.0 Å². The maximum Gasteiger partial charge on any atom is 0.0511 e. The van der Waals surface area contributed by atoms with Crippen molar-refractivity contribution in [3.63, 3.8) is 0 Å². The predicted molar refractivity (Wildman–Crippen MR) is 81.3 cm³/mol. The third kappa shape index (κ3) is 3.25. The van der Waals surface area contributed by atoms with Gasteiger partial charge in [0, 0.05) is 43.2 Å². The zero-order chi connectivity index (χ0) is 13.0. The number of hydrogen-bond acceptors (Lipinski definition) is 3. The Morgan fingerprint density at radius 3 is 2.78 bits per heavy atom. The molecule has 3 nitrogen and oxygen atoms in total. The van der Waals surface area contributed by atoms with Crippen molar-refractivity contribution in [2.75, 3.05) is 44.7 Å². The van der Waals surface area contributed by atoms with Crippen LogP contribution < -0.4 is 10.2 Å². The molecule has 1 unspecified atom stereocenters. The average Bonchev–Trinajstić information content (AvgIpc) is 2.38. The molecule has 1 aliphatic rings. The Balaban J connectivity index is 1.98. The van der Waals surface area contributed by atoms with Crippen LogP contribution in [0.25, 0.3) is 0 Å². The van der Waals surface area contributed by atoms with Gasteiger partial charge in [-0.1, -0.05) is 12.1 Å². The van der Waals surface area contributed by atoms with Crippen LogP contribution in [-0.2, 0) is 0 Å². The number of likely N-dealkylation sites (N-methyl/N-ethyl adjacent to an activating group) is 1. The molecule has 0 amide bonds. The van der Waals surface area contributed by atoms with E-state index in [9.17, 15) is 0 Å². The van der Waals surface area contributed by atoms with E-state index in [0.29, 0.717) is 6.04 Å². The zero-order valence-electron chi connectivity index (χ0n) is 11.2. The Bertz CT molecular complexity index is 383. The Hall–Kier alpha value is -0.580. The number of halogens is 1. The lowest BCUT2D eigenvalue weighted by Crippen LogP contribution is -2.53. The van der Waals surface area contributed by atoms with Crippen molar-refractivity contribution in [1.29, 1.82) is 0 Å². The van der Waals surface area contributed by atoms with Crippen LogP contribution in [0.15, 0.2) is 28.7 Å². The first kappa shape index (κ1) is 13.8.